The Morgan fingerprint density at radius 2 is 1.62 bits per heavy atom. The van der Waals surface area contributed by atoms with E-state index in [0.717, 1.165) is 12.1 Å². The molecule has 0 unspecified atom stereocenters. The topological polar surface area (TPSA) is 84.5 Å². The molecule has 0 saturated carbocycles. The highest BCUT2D eigenvalue weighted by atomic mass is 35.5. The lowest BCUT2D eigenvalue weighted by molar-refractivity contribution is -0.137. The van der Waals surface area contributed by atoms with E-state index in [1.165, 1.54) is 31.2 Å². The van der Waals surface area contributed by atoms with Crippen molar-refractivity contribution in [3.05, 3.63) is 82.3 Å². The number of alkyl halides is 3. The fraction of sp³-hybridized carbons (Fsp3) is 0.136. The number of rotatable bonds is 7. The van der Waals surface area contributed by atoms with E-state index in [0.29, 0.717) is 16.8 Å². The summed E-state index contributed by atoms with van der Waals surface area (Å²) >= 11 is 11.4. The molecule has 0 aliphatic heterocycles. The van der Waals surface area contributed by atoms with Crippen molar-refractivity contribution in [1.82, 2.24) is 0 Å². The van der Waals surface area contributed by atoms with Gasteiger partial charge in [0.2, 0.25) is 0 Å². The molecule has 0 bridgehead atoms. The van der Waals surface area contributed by atoms with E-state index in [9.17, 15) is 26.4 Å². The molecule has 3 aromatic rings. The Morgan fingerprint density at radius 1 is 0.971 bits per heavy atom. The van der Waals surface area contributed by atoms with Gasteiger partial charge < -0.3 is 10.1 Å². The molecule has 0 radical (unpaired) electrons. The van der Waals surface area contributed by atoms with Crippen LogP contribution in [-0.2, 0) is 21.0 Å². The fourth-order valence-corrected chi connectivity index (χ4v) is 4.23. The van der Waals surface area contributed by atoms with Crippen LogP contribution in [0.25, 0.3) is 0 Å². The minimum absolute atomic E-state index is 0.225. The Hall–Kier alpha value is -2.95. The van der Waals surface area contributed by atoms with Crippen molar-refractivity contribution in [2.24, 2.45) is 0 Å². The van der Waals surface area contributed by atoms with Crippen LogP contribution in [0.4, 0.5) is 24.5 Å². The average molecular weight is 533 g/mol. The molecule has 0 aromatic heterocycles. The molecule has 0 fully saturated rings. The summed E-state index contributed by atoms with van der Waals surface area (Å²) < 4.78 is 71.8. The van der Waals surface area contributed by atoms with Gasteiger partial charge in [-0.25, -0.2) is 8.42 Å². The maximum atomic E-state index is 13.0. The van der Waals surface area contributed by atoms with Crippen LogP contribution >= 0.6 is 23.2 Å². The van der Waals surface area contributed by atoms with E-state index >= 15 is 0 Å². The molecule has 6 nitrogen and oxygen atoms in total. The molecule has 3 rings (SSSR count). The molecule has 34 heavy (non-hydrogen) atoms. The molecule has 0 aliphatic rings. The van der Waals surface area contributed by atoms with Gasteiger partial charge in [0.15, 0.2) is 6.10 Å². The Balaban J connectivity index is 1.68. The SMILES string of the molecule is C[C@H](Oc1cccc(Cl)c1)C(=O)Nc1ccc(S(=O)(=O)Nc2ccc(Cl)c(C(F)(F)F)c2)cc1. The number of carbonyl (C=O) groups is 1. The van der Waals surface area contributed by atoms with Gasteiger partial charge >= 0.3 is 6.18 Å². The first-order valence-electron chi connectivity index (χ1n) is 9.58. The van der Waals surface area contributed by atoms with Crippen LogP contribution in [0.15, 0.2) is 71.6 Å². The lowest BCUT2D eigenvalue weighted by Gasteiger charge is -2.15. The maximum Gasteiger partial charge on any atom is 0.417 e. The minimum Gasteiger partial charge on any atom is -0.481 e. The zero-order valence-corrected chi connectivity index (χ0v) is 19.7. The molecule has 0 saturated heterocycles. The Kier molecular flexibility index (Phi) is 7.64. The van der Waals surface area contributed by atoms with Crippen LogP contribution in [0.3, 0.4) is 0 Å². The average Bonchev–Trinajstić information content (AvgIpc) is 2.74. The summed E-state index contributed by atoms with van der Waals surface area (Å²) in [6.07, 6.45) is -5.62. The van der Waals surface area contributed by atoms with Gasteiger partial charge in [-0.15, -0.1) is 0 Å². The highest BCUT2D eigenvalue weighted by Crippen LogP contribution is 2.36. The number of nitrogens with one attached hydrogen (secondary N) is 2. The smallest absolute Gasteiger partial charge is 0.417 e. The van der Waals surface area contributed by atoms with Gasteiger partial charge in [0, 0.05) is 16.4 Å². The van der Waals surface area contributed by atoms with E-state index in [-0.39, 0.29) is 16.3 Å². The quantitative estimate of drug-likeness (QED) is 0.378. The van der Waals surface area contributed by atoms with Crippen LogP contribution in [0.1, 0.15) is 12.5 Å². The Morgan fingerprint density at radius 3 is 2.24 bits per heavy atom. The molecule has 0 heterocycles. The number of amides is 1. The third-order valence-corrected chi connectivity index (χ3v) is 6.40. The van der Waals surface area contributed by atoms with Gasteiger partial charge in [-0.2, -0.15) is 13.2 Å². The van der Waals surface area contributed by atoms with E-state index in [4.69, 9.17) is 27.9 Å². The molecule has 1 atom stereocenters. The monoisotopic (exact) mass is 532 g/mol. The normalized spacial score (nSPS) is 12.6. The van der Waals surface area contributed by atoms with Crippen LogP contribution in [0.5, 0.6) is 5.75 Å². The lowest BCUT2D eigenvalue weighted by Crippen LogP contribution is -2.30. The third-order valence-electron chi connectivity index (χ3n) is 4.43. The second kappa shape index (κ2) is 10.1. The highest BCUT2D eigenvalue weighted by Gasteiger charge is 2.33. The largest absolute Gasteiger partial charge is 0.481 e. The van der Waals surface area contributed by atoms with Crippen LogP contribution in [0.2, 0.25) is 10.0 Å². The minimum atomic E-state index is -4.74. The zero-order chi connectivity index (χ0) is 25.1. The number of hydrogen-bond acceptors (Lipinski definition) is 4. The second-order valence-corrected chi connectivity index (χ2v) is 9.56. The molecule has 180 valence electrons. The van der Waals surface area contributed by atoms with Crippen molar-refractivity contribution >= 4 is 50.5 Å². The first-order chi connectivity index (χ1) is 15.8. The van der Waals surface area contributed by atoms with Crippen molar-refractivity contribution in [3.63, 3.8) is 0 Å². The van der Waals surface area contributed by atoms with Crippen molar-refractivity contribution in [2.75, 3.05) is 10.0 Å². The van der Waals surface area contributed by atoms with Crippen LogP contribution in [0, 0.1) is 0 Å². The van der Waals surface area contributed by atoms with E-state index in [1.54, 1.807) is 24.3 Å². The van der Waals surface area contributed by atoms with Crippen molar-refractivity contribution in [2.45, 2.75) is 24.1 Å². The molecular formula is C22H17Cl2F3N2O4S. The number of sulfonamides is 1. The van der Waals surface area contributed by atoms with Gasteiger partial charge in [0.25, 0.3) is 15.9 Å². The first-order valence-corrected chi connectivity index (χ1v) is 11.8. The Bertz CT molecular complexity index is 1300. The van der Waals surface area contributed by atoms with Gasteiger partial charge in [0.1, 0.15) is 5.75 Å². The number of halogens is 5. The molecule has 1 amide bonds. The zero-order valence-electron chi connectivity index (χ0n) is 17.4. The standard InChI is InChI=1S/C22H17Cl2F3N2O4S/c1-13(33-17-4-2-3-14(23)11-17)21(30)28-15-5-8-18(9-6-15)34(31,32)29-16-7-10-20(24)19(12-16)22(25,26)27/h2-13,29H,1H3,(H,28,30)/t13-/m0/s1. The second-order valence-electron chi connectivity index (χ2n) is 7.03. The first kappa shape index (κ1) is 25.7. The number of hydrogen-bond donors (Lipinski definition) is 2. The summed E-state index contributed by atoms with van der Waals surface area (Å²) in [4.78, 5) is 12.1. The number of benzene rings is 3. The van der Waals surface area contributed by atoms with Crippen molar-refractivity contribution in [1.29, 1.82) is 0 Å². The molecule has 2 N–H and O–H groups in total. The van der Waals surface area contributed by atoms with Gasteiger partial charge in [-0.1, -0.05) is 29.3 Å². The summed E-state index contributed by atoms with van der Waals surface area (Å²) in [6.45, 7) is 1.53. The summed E-state index contributed by atoms with van der Waals surface area (Å²) in [5, 5.41) is 2.48. The lowest BCUT2D eigenvalue weighted by atomic mass is 10.2. The molecule has 12 heteroatoms. The summed E-state index contributed by atoms with van der Waals surface area (Å²) in [5.41, 5.74) is -1.18. The van der Waals surface area contributed by atoms with Crippen LogP contribution in [-0.4, -0.2) is 20.4 Å². The van der Waals surface area contributed by atoms with Gasteiger partial charge in [0.05, 0.1) is 15.5 Å². The maximum absolute atomic E-state index is 13.0. The van der Waals surface area contributed by atoms with Gasteiger partial charge in [-0.3, -0.25) is 9.52 Å². The predicted octanol–water partition coefficient (Wildman–Crippen LogP) is 6.22. The summed E-state index contributed by atoms with van der Waals surface area (Å²) in [6, 6.07) is 14.3. The highest BCUT2D eigenvalue weighted by molar-refractivity contribution is 7.92. The third kappa shape index (κ3) is 6.55. The Labute approximate surface area is 203 Å². The molecule has 0 spiro atoms. The van der Waals surface area contributed by atoms with Crippen LogP contribution < -0.4 is 14.8 Å². The summed E-state index contributed by atoms with van der Waals surface area (Å²) in [5.74, 6) is -0.0897. The number of ether oxygens (including phenoxy) is 1. The van der Waals surface area contributed by atoms with Crippen molar-refractivity contribution in [3.8, 4) is 5.75 Å². The van der Waals surface area contributed by atoms with Crippen molar-refractivity contribution < 1.29 is 31.1 Å². The van der Waals surface area contributed by atoms with E-state index in [1.807, 2.05) is 0 Å². The summed E-state index contributed by atoms with van der Waals surface area (Å²) in [7, 11) is -4.21. The molecular weight excluding hydrogens is 516 g/mol. The molecule has 3 aromatic carbocycles. The van der Waals surface area contributed by atoms with E-state index in [2.05, 4.69) is 10.0 Å². The van der Waals surface area contributed by atoms with Gasteiger partial charge in [-0.05, 0) is 67.6 Å². The molecule has 0 aliphatic carbocycles. The fourth-order valence-electron chi connectivity index (χ4n) is 2.78. The van der Waals surface area contributed by atoms with E-state index < -0.39 is 38.8 Å². The predicted molar refractivity (Wildman–Crippen MR) is 124 cm³/mol. The number of carbonyl (C=O) groups excluding carboxylic acids is 1. The number of anilines is 2.